The van der Waals surface area contributed by atoms with Gasteiger partial charge in [0.15, 0.2) is 11.2 Å². The summed E-state index contributed by atoms with van der Waals surface area (Å²) < 4.78 is 72.4. The molecular weight excluding hydrogens is 667 g/mol. The van der Waals surface area contributed by atoms with Crippen LogP contribution in [0, 0.1) is 0 Å². The molecule has 2 saturated heterocycles. The number of nitrogens with one attached hydrogen (secondary N) is 1. The Bertz CT molecular complexity index is 1470. The average molecular weight is 697 g/mol. The number of thiol groups is 1. The molecule has 8 N–H and O–H groups in total. The fraction of sp³-hybridized carbons (Fsp3) is 0.722. The number of aliphatic hydroxyl groups excluding tert-OH is 2. The van der Waals surface area contributed by atoms with Crippen molar-refractivity contribution in [2.45, 2.75) is 49.6 Å². The van der Waals surface area contributed by atoms with Crippen LogP contribution in [-0.2, 0) is 45.8 Å². The average Bonchev–Trinajstić information content (AvgIpc) is 3.62. The zero-order chi connectivity index (χ0) is 31.6. The first kappa shape index (κ1) is 34.6. The molecule has 0 bridgehead atoms. The Morgan fingerprint density at radius 1 is 1.09 bits per heavy atom. The number of aliphatic hydroxyl groups is 2. The first-order valence-electron chi connectivity index (χ1n) is 12.3. The fourth-order valence-corrected chi connectivity index (χ4v) is 6.52. The molecule has 2 aliphatic heterocycles. The van der Waals surface area contributed by atoms with Crippen molar-refractivity contribution < 1.29 is 70.7 Å². The lowest BCUT2D eigenvalue weighted by Gasteiger charge is -2.22. The Morgan fingerprint density at radius 2 is 1.74 bits per heavy atom. The summed E-state index contributed by atoms with van der Waals surface area (Å²) in [6.45, 7) is -7.75. The van der Waals surface area contributed by atoms with Crippen LogP contribution in [0.15, 0.2) is 11.1 Å². The molecule has 0 aliphatic carbocycles. The van der Waals surface area contributed by atoms with Crippen LogP contribution < -0.4 is 11.3 Å². The highest BCUT2D eigenvalue weighted by Crippen LogP contribution is 2.51. The molecule has 2 fully saturated rings. The monoisotopic (exact) mass is 697 g/mol. The van der Waals surface area contributed by atoms with Crippen LogP contribution in [0.5, 0.6) is 0 Å². The van der Waals surface area contributed by atoms with Crippen molar-refractivity contribution in [1.29, 1.82) is 0 Å². The van der Waals surface area contributed by atoms with Gasteiger partial charge >= 0.3 is 22.4 Å². The number of hydrogen-bond acceptors (Lipinski definition) is 16. The van der Waals surface area contributed by atoms with Crippen molar-refractivity contribution in [3.63, 3.8) is 0 Å². The van der Waals surface area contributed by atoms with Crippen LogP contribution in [0.4, 0.5) is 5.95 Å². The number of H-pyrrole nitrogens is 1. The standard InChI is InChI=1S/C18H30N5O16P3S/c19-18-21-16-14(17(26)22-18)20-8-23(16)13-2-1-9(38-13)3-34-40(27,28)35-4-10(39-42(31,32)43)5-36-41(29,30)37-7-12-15(25)11(24)6-33-12/h8-13,15,24-25H,1-7H2,(H,27,28)(H,29,30)(H2,31,32,43)(H3,19,21,22,26)/t9-,10?,11-,12+,13+,15-/m0/s1. The van der Waals surface area contributed by atoms with Gasteiger partial charge in [-0.1, -0.05) is 12.2 Å². The summed E-state index contributed by atoms with van der Waals surface area (Å²) in [5.41, 5.74) is 5.30. The van der Waals surface area contributed by atoms with E-state index in [2.05, 4.69) is 27.2 Å². The quantitative estimate of drug-likeness (QED) is 0.0833. The number of hydrogen-bond donors (Lipinski definition) is 8. The molecule has 0 spiro atoms. The molecular formula is C18H30N5O16P3S. The van der Waals surface area contributed by atoms with E-state index in [9.17, 15) is 43.4 Å². The highest BCUT2D eigenvalue weighted by molar-refractivity contribution is 8.44. The van der Waals surface area contributed by atoms with Crippen LogP contribution in [0.1, 0.15) is 19.1 Å². The topological polar surface area (TPSA) is 307 Å². The van der Waals surface area contributed by atoms with E-state index in [1.54, 1.807) is 0 Å². The van der Waals surface area contributed by atoms with Crippen molar-refractivity contribution in [3.8, 4) is 0 Å². The predicted molar refractivity (Wildman–Crippen MR) is 145 cm³/mol. The van der Waals surface area contributed by atoms with Gasteiger partial charge in [-0.25, -0.2) is 18.7 Å². The molecule has 2 aliphatic rings. The van der Waals surface area contributed by atoms with Gasteiger partial charge in [-0.05, 0) is 12.8 Å². The Morgan fingerprint density at radius 3 is 2.35 bits per heavy atom. The minimum Gasteiger partial charge on any atom is -0.388 e. The van der Waals surface area contributed by atoms with Gasteiger partial charge in [-0.15, -0.1) is 0 Å². The van der Waals surface area contributed by atoms with E-state index in [4.69, 9.17) is 37.8 Å². The number of aromatic amines is 1. The van der Waals surface area contributed by atoms with E-state index in [-0.39, 0.29) is 23.7 Å². The largest absolute Gasteiger partial charge is 0.472 e. The van der Waals surface area contributed by atoms with E-state index in [1.165, 1.54) is 10.9 Å². The SMILES string of the molecule is Nc1nc2c(ncn2[C@H]2CC[C@@H](COP(=O)(O)OCC(COP(=O)(O)OC[C@H]3OC[C@H](O)[C@@H]3O)OP(=O)(O)S)O2)c(=O)[nH]1. The van der Waals surface area contributed by atoms with E-state index in [0.717, 1.165) is 0 Å². The Labute approximate surface area is 247 Å². The molecule has 0 aromatic carbocycles. The third-order valence-electron chi connectivity index (χ3n) is 6.06. The van der Waals surface area contributed by atoms with Gasteiger partial charge < -0.3 is 40.1 Å². The molecule has 4 unspecified atom stereocenters. The maximum absolute atomic E-state index is 12.5. The van der Waals surface area contributed by atoms with Crippen LogP contribution in [0.3, 0.4) is 0 Å². The number of ether oxygens (including phenoxy) is 2. The molecule has 0 amide bonds. The second-order valence-corrected chi connectivity index (χ2v) is 14.9. The summed E-state index contributed by atoms with van der Waals surface area (Å²) >= 11 is 3.34. The molecule has 2 aromatic heterocycles. The zero-order valence-corrected chi connectivity index (χ0v) is 25.5. The van der Waals surface area contributed by atoms with Crippen molar-refractivity contribution in [2.24, 2.45) is 0 Å². The highest BCUT2D eigenvalue weighted by Gasteiger charge is 2.38. The van der Waals surface area contributed by atoms with Crippen LogP contribution in [0.2, 0.25) is 0 Å². The number of nitrogen functional groups attached to an aromatic ring is 1. The second kappa shape index (κ2) is 14.0. The van der Waals surface area contributed by atoms with Gasteiger partial charge in [0.1, 0.15) is 30.6 Å². The maximum Gasteiger partial charge on any atom is 0.472 e. The van der Waals surface area contributed by atoms with Crippen LogP contribution in [-0.4, -0.2) is 108 Å². The first-order chi connectivity index (χ1) is 20.0. The second-order valence-electron chi connectivity index (χ2n) is 9.33. The van der Waals surface area contributed by atoms with Crippen LogP contribution >= 0.6 is 34.7 Å². The number of anilines is 1. The number of aromatic nitrogens is 4. The van der Waals surface area contributed by atoms with E-state index >= 15 is 0 Å². The molecule has 244 valence electrons. The minimum atomic E-state index is -4.87. The molecule has 4 heterocycles. The first-order valence-corrected chi connectivity index (χ1v) is 18.1. The Balaban J connectivity index is 1.26. The van der Waals surface area contributed by atoms with Crippen molar-refractivity contribution >= 4 is 51.8 Å². The van der Waals surface area contributed by atoms with E-state index < -0.39 is 91.2 Å². The molecule has 4 rings (SSSR count). The number of nitrogens with zero attached hydrogens (tertiary/aromatic N) is 3. The minimum absolute atomic E-state index is 0.0470. The maximum atomic E-state index is 12.5. The van der Waals surface area contributed by atoms with Gasteiger partial charge in [-0.3, -0.25) is 37.0 Å². The molecule has 9 atom stereocenters. The smallest absolute Gasteiger partial charge is 0.388 e. The third kappa shape index (κ3) is 9.85. The fourth-order valence-electron chi connectivity index (χ4n) is 4.06. The molecule has 25 heteroatoms. The number of fused-ring (bicyclic) bond motifs is 1. The normalized spacial score (nSPS) is 29.3. The molecule has 0 saturated carbocycles. The number of rotatable bonds is 15. The van der Waals surface area contributed by atoms with Gasteiger partial charge in [0.2, 0.25) is 5.95 Å². The molecule has 0 radical (unpaired) electrons. The lowest BCUT2D eigenvalue weighted by molar-refractivity contribution is -0.0253. The predicted octanol–water partition coefficient (Wildman–Crippen LogP) is -0.817. The molecule has 2 aromatic rings. The van der Waals surface area contributed by atoms with Gasteiger partial charge in [0, 0.05) is 0 Å². The van der Waals surface area contributed by atoms with E-state index in [0.29, 0.717) is 12.8 Å². The van der Waals surface area contributed by atoms with Crippen molar-refractivity contribution in [3.05, 3.63) is 16.7 Å². The van der Waals surface area contributed by atoms with Crippen LogP contribution in [0.25, 0.3) is 11.2 Å². The Kier molecular flexibility index (Phi) is 11.3. The number of phosphoric acid groups is 2. The van der Waals surface area contributed by atoms with Crippen molar-refractivity contribution in [2.75, 3.05) is 38.8 Å². The molecule has 21 nitrogen and oxygen atoms in total. The number of nitrogens with two attached hydrogens (primary N) is 1. The van der Waals surface area contributed by atoms with E-state index in [1.807, 2.05) is 0 Å². The summed E-state index contributed by atoms with van der Waals surface area (Å²) in [5.74, 6) is -0.118. The lowest BCUT2D eigenvalue weighted by atomic mass is 10.2. The summed E-state index contributed by atoms with van der Waals surface area (Å²) in [4.78, 5) is 51.8. The van der Waals surface area contributed by atoms with Gasteiger partial charge in [0.05, 0.1) is 45.5 Å². The highest BCUT2D eigenvalue weighted by atomic mass is 32.7. The van der Waals surface area contributed by atoms with Crippen molar-refractivity contribution in [1.82, 2.24) is 19.5 Å². The summed E-state index contributed by atoms with van der Waals surface area (Å²) in [6, 6.07) is 0. The van der Waals surface area contributed by atoms with Gasteiger partial charge in [0.25, 0.3) is 5.56 Å². The lowest BCUT2D eigenvalue weighted by Crippen LogP contribution is -2.32. The molecule has 43 heavy (non-hydrogen) atoms. The summed E-state index contributed by atoms with van der Waals surface area (Å²) in [5, 5.41) is 19.2. The zero-order valence-electron chi connectivity index (χ0n) is 21.9. The van der Waals surface area contributed by atoms with Gasteiger partial charge in [-0.2, -0.15) is 4.98 Å². The summed E-state index contributed by atoms with van der Waals surface area (Å²) in [7, 11) is -9.71. The number of imidazole rings is 1. The Hall–Kier alpha value is -1.29. The number of phosphoric ester groups is 2. The summed E-state index contributed by atoms with van der Waals surface area (Å²) in [6.07, 6.45) is -4.63. The third-order valence-corrected chi connectivity index (χ3v) is 8.82.